The van der Waals surface area contributed by atoms with Crippen molar-refractivity contribution in [1.82, 2.24) is 0 Å². The second-order valence-electron chi connectivity index (χ2n) is 9.44. The van der Waals surface area contributed by atoms with Crippen LogP contribution in [-0.2, 0) is 6.42 Å². The average Bonchev–Trinajstić information content (AvgIpc) is 2.82. The molecule has 4 rings (SSSR count). The first-order valence-corrected chi connectivity index (χ1v) is 11.9. The predicted octanol–water partition coefficient (Wildman–Crippen LogP) is 7.65. The summed E-state index contributed by atoms with van der Waals surface area (Å²) < 4.78 is 20.5. The lowest BCUT2D eigenvalue weighted by molar-refractivity contribution is 0.0734. The largest absolute Gasteiger partial charge is 0.423 e. The van der Waals surface area contributed by atoms with Gasteiger partial charge in [0.2, 0.25) is 0 Å². The number of ether oxygens (including phenoxy) is 1. The third-order valence-electron chi connectivity index (χ3n) is 7.43. The second-order valence-corrected chi connectivity index (χ2v) is 9.44. The number of aryl methyl sites for hydroxylation is 1. The van der Waals surface area contributed by atoms with Crippen molar-refractivity contribution in [2.45, 2.75) is 57.3 Å². The lowest BCUT2D eigenvalue weighted by Crippen LogP contribution is -2.30. The molecule has 0 heterocycles. The zero-order chi connectivity index (χ0) is 22.5. The SMILES string of the molecule is C=CCCc1ccc(OC(=O)c2ccc(C3CCC4CC(C=C)CCC4C3)c(F)c2)cc1. The molecule has 4 atom stereocenters. The molecule has 0 saturated heterocycles. The summed E-state index contributed by atoms with van der Waals surface area (Å²) >= 11 is 0. The van der Waals surface area contributed by atoms with Crippen LogP contribution >= 0.6 is 0 Å². The first kappa shape index (κ1) is 22.5. The summed E-state index contributed by atoms with van der Waals surface area (Å²) in [4.78, 5) is 12.5. The Hall–Kier alpha value is -2.68. The maximum Gasteiger partial charge on any atom is 0.343 e. The highest BCUT2D eigenvalue weighted by Gasteiger charge is 2.36. The lowest BCUT2D eigenvalue weighted by Gasteiger charge is -2.41. The number of fused-ring (bicyclic) bond motifs is 1. The zero-order valence-corrected chi connectivity index (χ0v) is 18.8. The number of carbonyl (C=O) groups excluding carboxylic acids is 1. The van der Waals surface area contributed by atoms with E-state index < -0.39 is 5.97 Å². The molecule has 2 aromatic rings. The topological polar surface area (TPSA) is 26.3 Å². The zero-order valence-electron chi connectivity index (χ0n) is 18.8. The molecule has 0 spiro atoms. The van der Waals surface area contributed by atoms with Gasteiger partial charge in [-0.3, -0.25) is 0 Å². The first-order chi connectivity index (χ1) is 15.6. The van der Waals surface area contributed by atoms with Crippen molar-refractivity contribution in [3.05, 3.63) is 90.3 Å². The van der Waals surface area contributed by atoms with Gasteiger partial charge in [-0.25, -0.2) is 9.18 Å². The van der Waals surface area contributed by atoms with Crippen LogP contribution in [0.4, 0.5) is 4.39 Å². The van der Waals surface area contributed by atoms with Crippen molar-refractivity contribution >= 4 is 5.97 Å². The molecule has 3 heteroatoms. The summed E-state index contributed by atoms with van der Waals surface area (Å²) in [6.45, 7) is 7.70. The minimum Gasteiger partial charge on any atom is -0.423 e. The maximum absolute atomic E-state index is 15.0. The lowest BCUT2D eigenvalue weighted by atomic mass is 9.64. The molecule has 2 fully saturated rings. The van der Waals surface area contributed by atoms with Gasteiger partial charge in [-0.15, -0.1) is 13.2 Å². The Morgan fingerprint density at radius 2 is 1.75 bits per heavy atom. The first-order valence-electron chi connectivity index (χ1n) is 11.9. The molecule has 0 aromatic heterocycles. The Morgan fingerprint density at radius 3 is 2.47 bits per heavy atom. The molecule has 0 aliphatic heterocycles. The van der Waals surface area contributed by atoms with Crippen LogP contribution in [0.5, 0.6) is 5.75 Å². The van der Waals surface area contributed by atoms with E-state index in [0.717, 1.165) is 49.1 Å². The van der Waals surface area contributed by atoms with E-state index in [0.29, 0.717) is 17.6 Å². The summed E-state index contributed by atoms with van der Waals surface area (Å²) in [5, 5.41) is 0. The third kappa shape index (κ3) is 5.20. The molecule has 32 heavy (non-hydrogen) atoms. The Balaban J connectivity index is 1.38. The molecule has 2 saturated carbocycles. The Bertz CT molecular complexity index is 962. The number of allylic oxidation sites excluding steroid dienone is 2. The normalized spacial score (nSPS) is 24.9. The van der Waals surface area contributed by atoms with Crippen LogP contribution in [0.3, 0.4) is 0 Å². The van der Waals surface area contributed by atoms with Crippen LogP contribution in [0.15, 0.2) is 67.8 Å². The standard InChI is InChI=1S/C29H33FO2/c1-3-5-6-21-8-14-26(15-9-21)32-29(31)25-13-16-27(28(30)19-25)24-12-11-22-17-20(4-2)7-10-23(22)18-24/h3-4,8-9,13-16,19-20,22-24H,1-2,5-7,10-12,17-18H2. The molecular weight excluding hydrogens is 399 g/mol. The molecule has 2 aromatic carbocycles. The smallest absolute Gasteiger partial charge is 0.343 e. The van der Waals surface area contributed by atoms with Gasteiger partial charge in [0, 0.05) is 0 Å². The van der Waals surface area contributed by atoms with Crippen LogP contribution in [0.1, 0.15) is 72.3 Å². The van der Waals surface area contributed by atoms with Crippen molar-refractivity contribution in [3.63, 3.8) is 0 Å². The number of esters is 1. The van der Waals surface area contributed by atoms with Crippen LogP contribution in [0.25, 0.3) is 0 Å². The number of rotatable bonds is 7. The van der Waals surface area contributed by atoms with Crippen LogP contribution in [0.2, 0.25) is 0 Å². The summed E-state index contributed by atoms with van der Waals surface area (Å²) in [6, 6.07) is 12.3. The fraction of sp³-hybridized carbons (Fsp3) is 0.414. The minimum atomic E-state index is -0.527. The van der Waals surface area contributed by atoms with E-state index in [2.05, 4.69) is 19.2 Å². The minimum absolute atomic E-state index is 0.240. The van der Waals surface area contributed by atoms with Gasteiger partial charge in [0.15, 0.2) is 0 Å². The summed E-state index contributed by atoms with van der Waals surface area (Å²) in [5.74, 6) is 1.98. The molecule has 2 aliphatic rings. The van der Waals surface area contributed by atoms with Gasteiger partial charge in [0.1, 0.15) is 11.6 Å². The van der Waals surface area contributed by atoms with Crippen molar-refractivity contribution in [1.29, 1.82) is 0 Å². The van der Waals surface area contributed by atoms with Crippen molar-refractivity contribution in [2.75, 3.05) is 0 Å². The van der Waals surface area contributed by atoms with Crippen molar-refractivity contribution < 1.29 is 13.9 Å². The highest BCUT2D eigenvalue weighted by molar-refractivity contribution is 5.91. The quantitative estimate of drug-likeness (QED) is 0.255. The van der Waals surface area contributed by atoms with Crippen molar-refractivity contribution in [3.8, 4) is 5.75 Å². The molecular formula is C29H33FO2. The molecule has 0 amide bonds. The van der Waals surface area contributed by atoms with Crippen LogP contribution < -0.4 is 4.74 Å². The highest BCUT2D eigenvalue weighted by atomic mass is 19.1. The van der Waals surface area contributed by atoms with Gasteiger partial charge in [0.05, 0.1) is 5.56 Å². The third-order valence-corrected chi connectivity index (χ3v) is 7.43. The summed E-state index contributed by atoms with van der Waals surface area (Å²) in [6.07, 6.45) is 12.7. The average molecular weight is 433 g/mol. The number of hydrogen-bond donors (Lipinski definition) is 0. The summed E-state index contributed by atoms with van der Waals surface area (Å²) in [7, 11) is 0. The Kier molecular flexibility index (Phi) is 7.24. The summed E-state index contributed by atoms with van der Waals surface area (Å²) in [5.41, 5.74) is 2.16. The predicted molar refractivity (Wildman–Crippen MR) is 127 cm³/mol. The monoisotopic (exact) mass is 432 g/mol. The fourth-order valence-electron chi connectivity index (χ4n) is 5.57. The number of carbonyl (C=O) groups is 1. The van der Waals surface area contributed by atoms with Gasteiger partial charge in [-0.2, -0.15) is 0 Å². The second kappa shape index (κ2) is 10.3. The van der Waals surface area contributed by atoms with Gasteiger partial charge >= 0.3 is 5.97 Å². The van der Waals surface area contributed by atoms with E-state index in [1.165, 1.54) is 25.3 Å². The molecule has 168 valence electrons. The van der Waals surface area contributed by atoms with E-state index >= 15 is 4.39 Å². The van der Waals surface area contributed by atoms with E-state index in [1.54, 1.807) is 24.3 Å². The van der Waals surface area contributed by atoms with E-state index in [4.69, 9.17) is 4.74 Å². The van der Waals surface area contributed by atoms with E-state index in [9.17, 15) is 4.79 Å². The fourth-order valence-corrected chi connectivity index (χ4v) is 5.57. The molecule has 2 aliphatic carbocycles. The number of hydrogen-bond acceptors (Lipinski definition) is 2. The molecule has 0 radical (unpaired) electrons. The van der Waals surface area contributed by atoms with Gasteiger partial charge in [0.25, 0.3) is 0 Å². The van der Waals surface area contributed by atoms with Crippen molar-refractivity contribution in [2.24, 2.45) is 17.8 Å². The molecule has 0 bridgehead atoms. The number of halogens is 1. The van der Waals surface area contributed by atoms with Crippen LogP contribution in [0, 0.1) is 23.6 Å². The van der Waals surface area contributed by atoms with Gasteiger partial charge in [-0.1, -0.05) is 30.4 Å². The Morgan fingerprint density at radius 1 is 1.00 bits per heavy atom. The molecule has 4 unspecified atom stereocenters. The highest BCUT2D eigenvalue weighted by Crippen LogP contribution is 2.48. The van der Waals surface area contributed by atoms with E-state index in [-0.39, 0.29) is 17.3 Å². The van der Waals surface area contributed by atoms with Gasteiger partial charge < -0.3 is 4.74 Å². The maximum atomic E-state index is 15.0. The van der Waals surface area contributed by atoms with Gasteiger partial charge in [-0.05, 0) is 110 Å². The Labute approximate surface area is 191 Å². The van der Waals surface area contributed by atoms with E-state index in [1.807, 2.05) is 18.2 Å². The molecule has 2 nitrogen and oxygen atoms in total. The molecule has 0 N–H and O–H groups in total. The van der Waals surface area contributed by atoms with Crippen LogP contribution in [-0.4, -0.2) is 5.97 Å². The number of benzene rings is 2.